The Morgan fingerprint density at radius 3 is 0.864 bits per heavy atom. The van der Waals surface area contributed by atoms with Crippen molar-refractivity contribution in [3.63, 3.8) is 0 Å². The minimum Gasteiger partial charge on any atom is -0.290 e. The normalized spacial score (nSPS) is 12.8. The quantitative estimate of drug-likeness (QED) is 0.0356. The molecule has 0 fully saturated rings. The van der Waals surface area contributed by atoms with Gasteiger partial charge in [0.15, 0.2) is 0 Å². The third-order valence-electron chi connectivity index (χ3n) is 6.97. The van der Waals surface area contributed by atoms with Crippen LogP contribution in [0.4, 0.5) is 0 Å². The number of hydrogen-bond donors (Lipinski definition) is 0. The standard InChI is InChI=1S/C41H62O3/c1-3-5-7-9-11-13-15-17-19-21-23-25-27-29-31-33-35-37-39(42)41(44)40(43)38-36-34-32-30-28-26-24-22-20-18-16-14-12-10-8-6-4-2/h11-14,17-20,23-26,29-32H,3-10,15-16,21-22,27-28,33-38H2,1-2H3/b13-11-,14-12-,19-17-,20-18-,25-23-,26-24-,31-29-,32-30-. The van der Waals surface area contributed by atoms with Gasteiger partial charge >= 0.3 is 0 Å². The van der Waals surface area contributed by atoms with Gasteiger partial charge in [-0.05, 0) is 89.9 Å². The van der Waals surface area contributed by atoms with Crippen molar-refractivity contribution in [2.24, 2.45) is 0 Å². The number of allylic oxidation sites excluding steroid dienone is 16. The first-order chi connectivity index (χ1) is 21.6. The summed E-state index contributed by atoms with van der Waals surface area (Å²) in [4.78, 5) is 36.2. The van der Waals surface area contributed by atoms with E-state index in [2.05, 4.69) is 98.9 Å². The SMILES string of the molecule is CCCCC/C=C\C/C=C\C/C=C\C/C=C\CCCC(=O)C(=O)C(=O)CCC/C=C\C/C=C\C/C=C\C/C=C\CCCCC. The van der Waals surface area contributed by atoms with Crippen LogP contribution in [-0.4, -0.2) is 17.3 Å². The van der Waals surface area contributed by atoms with Crippen LogP contribution in [0.2, 0.25) is 0 Å². The lowest BCUT2D eigenvalue weighted by molar-refractivity contribution is -0.144. The molecule has 0 bridgehead atoms. The van der Waals surface area contributed by atoms with Crippen LogP contribution in [0.5, 0.6) is 0 Å². The van der Waals surface area contributed by atoms with Crippen LogP contribution < -0.4 is 0 Å². The maximum absolute atomic E-state index is 12.1. The average molecular weight is 603 g/mol. The Kier molecular flexibility index (Phi) is 32.0. The molecule has 0 N–H and O–H groups in total. The molecule has 0 radical (unpaired) electrons. The van der Waals surface area contributed by atoms with Gasteiger partial charge in [-0.2, -0.15) is 0 Å². The van der Waals surface area contributed by atoms with Crippen molar-refractivity contribution in [1.82, 2.24) is 0 Å². The first-order valence-corrected chi connectivity index (χ1v) is 17.4. The molecule has 0 aromatic rings. The second kappa shape index (κ2) is 34.4. The fourth-order valence-electron chi connectivity index (χ4n) is 4.27. The summed E-state index contributed by atoms with van der Waals surface area (Å²) in [6.07, 6.45) is 53.2. The highest BCUT2D eigenvalue weighted by Gasteiger charge is 2.20. The molecule has 0 saturated carbocycles. The molecule has 0 unspecified atom stereocenters. The predicted molar refractivity (Wildman–Crippen MR) is 192 cm³/mol. The van der Waals surface area contributed by atoms with Crippen LogP contribution in [0.1, 0.15) is 142 Å². The molecule has 3 heteroatoms. The first kappa shape index (κ1) is 40.9. The molecular formula is C41H62O3. The van der Waals surface area contributed by atoms with Gasteiger partial charge in [0.2, 0.25) is 11.6 Å². The smallest absolute Gasteiger partial charge is 0.264 e. The molecule has 0 atom stereocenters. The molecular weight excluding hydrogens is 540 g/mol. The highest BCUT2D eigenvalue weighted by molar-refractivity contribution is 6.63. The zero-order valence-electron chi connectivity index (χ0n) is 28.1. The van der Waals surface area contributed by atoms with Crippen molar-refractivity contribution in [3.8, 4) is 0 Å². The highest BCUT2D eigenvalue weighted by Crippen LogP contribution is 2.05. The fraction of sp³-hybridized carbons (Fsp3) is 0.537. The van der Waals surface area contributed by atoms with Gasteiger partial charge in [0, 0.05) is 12.8 Å². The summed E-state index contributed by atoms with van der Waals surface area (Å²) >= 11 is 0. The summed E-state index contributed by atoms with van der Waals surface area (Å²) in [6.45, 7) is 4.46. The minimum atomic E-state index is -0.830. The topological polar surface area (TPSA) is 51.2 Å². The Labute approximate surface area is 270 Å². The zero-order chi connectivity index (χ0) is 32.2. The molecule has 0 aromatic heterocycles. The average Bonchev–Trinajstić information content (AvgIpc) is 3.03. The van der Waals surface area contributed by atoms with E-state index in [1.54, 1.807) is 0 Å². The van der Waals surface area contributed by atoms with Crippen molar-refractivity contribution in [3.05, 3.63) is 97.2 Å². The van der Waals surface area contributed by atoms with E-state index >= 15 is 0 Å². The second-order valence-corrected chi connectivity index (χ2v) is 11.1. The third kappa shape index (κ3) is 30.4. The maximum Gasteiger partial charge on any atom is 0.264 e. The molecule has 0 heterocycles. The highest BCUT2D eigenvalue weighted by atomic mass is 16.2. The van der Waals surface area contributed by atoms with Crippen molar-refractivity contribution in [2.75, 3.05) is 0 Å². The Balaban J connectivity index is 3.78. The monoisotopic (exact) mass is 602 g/mol. The minimum absolute atomic E-state index is 0.139. The van der Waals surface area contributed by atoms with Crippen LogP contribution in [-0.2, 0) is 14.4 Å². The van der Waals surface area contributed by atoms with Gasteiger partial charge in [0.1, 0.15) is 0 Å². The number of carbonyl (C=O) groups is 3. The van der Waals surface area contributed by atoms with Crippen molar-refractivity contribution >= 4 is 17.3 Å². The fourth-order valence-corrected chi connectivity index (χ4v) is 4.27. The summed E-state index contributed by atoms with van der Waals surface area (Å²) in [7, 11) is 0. The van der Waals surface area contributed by atoms with Gasteiger partial charge in [0.25, 0.3) is 5.78 Å². The van der Waals surface area contributed by atoms with Crippen LogP contribution >= 0.6 is 0 Å². The Morgan fingerprint density at radius 1 is 0.341 bits per heavy atom. The van der Waals surface area contributed by atoms with E-state index < -0.39 is 17.3 Å². The first-order valence-electron chi connectivity index (χ1n) is 17.4. The summed E-state index contributed by atoms with van der Waals surface area (Å²) in [5.41, 5.74) is 0. The number of hydrogen-bond acceptors (Lipinski definition) is 3. The third-order valence-corrected chi connectivity index (χ3v) is 6.97. The van der Waals surface area contributed by atoms with Crippen LogP contribution in [0.3, 0.4) is 0 Å². The molecule has 0 aliphatic heterocycles. The van der Waals surface area contributed by atoms with E-state index in [0.717, 1.165) is 51.4 Å². The molecule has 244 valence electrons. The van der Waals surface area contributed by atoms with E-state index in [1.807, 2.05) is 12.2 Å². The van der Waals surface area contributed by atoms with Gasteiger partial charge in [-0.3, -0.25) is 14.4 Å². The molecule has 0 aromatic carbocycles. The molecule has 0 rings (SSSR count). The summed E-state index contributed by atoms with van der Waals surface area (Å²) in [5.74, 6) is -1.93. The Morgan fingerprint density at radius 2 is 0.591 bits per heavy atom. The summed E-state index contributed by atoms with van der Waals surface area (Å²) < 4.78 is 0. The largest absolute Gasteiger partial charge is 0.290 e. The van der Waals surface area contributed by atoms with Crippen molar-refractivity contribution in [2.45, 2.75) is 142 Å². The van der Waals surface area contributed by atoms with Crippen molar-refractivity contribution < 1.29 is 14.4 Å². The van der Waals surface area contributed by atoms with Gasteiger partial charge in [-0.15, -0.1) is 0 Å². The molecule has 3 nitrogen and oxygen atoms in total. The van der Waals surface area contributed by atoms with Crippen LogP contribution in [0, 0.1) is 0 Å². The van der Waals surface area contributed by atoms with E-state index in [0.29, 0.717) is 12.8 Å². The van der Waals surface area contributed by atoms with Crippen LogP contribution in [0.15, 0.2) is 97.2 Å². The van der Waals surface area contributed by atoms with E-state index in [1.165, 1.54) is 51.4 Å². The summed E-state index contributed by atoms with van der Waals surface area (Å²) in [5, 5.41) is 0. The van der Waals surface area contributed by atoms with Crippen LogP contribution in [0.25, 0.3) is 0 Å². The van der Waals surface area contributed by atoms with Gasteiger partial charge in [-0.1, -0.05) is 137 Å². The van der Waals surface area contributed by atoms with E-state index in [9.17, 15) is 14.4 Å². The van der Waals surface area contributed by atoms with E-state index in [-0.39, 0.29) is 12.8 Å². The molecule has 0 amide bonds. The Hall–Kier alpha value is -3.07. The number of unbranched alkanes of at least 4 members (excludes halogenated alkanes) is 8. The molecule has 0 saturated heterocycles. The number of Topliss-reactive ketones (excluding diaryl/α,β-unsaturated/α-hetero) is 3. The van der Waals surface area contributed by atoms with E-state index in [4.69, 9.17) is 0 Å². The van der Waals surface area contributed by atoms with Crippen molar-refractivity contribution in [1.29, 1.82) is 0 Å². The predicted octanol–water partition coefficient (Wildman–Crippen LogP) is 12.0. The lowest BCUT2D eigenvalue weighted by Gasteiger charge is -1.99. The molecule has 0 aliphatic carbocycles. The maximum atomic E-state index is 12.1. The molecule has 0 aliphatic rings. The zero-order valence-corrected chi connectivity index (χ0v) is 28.1. The van der Waals surface area contributed by atoms with Gasteiger partial charge in [-0.25, -0.2) is 0 Å². The van der Waals surface area contributed by atoms with Gasteiger partial charge < -0.3 is 0 Å². The Bertz CT molecular complexity index is 876. The lowest BCUT2D eigenvalue weighted by atomic mass is 10.0. The number of carbonyl (C=O) groups excluding carboxylic acids is 3. The summed E-state index contributed by atoms with van der Waals surface area (Å²) in [6, 6.07) is 0. The molecule has 44 heavy (non-hydrogen) atoms. The lowest BCUT2D eigenvalue weighted by Crippen LogP contribution is -2.23. The second-order valence-electron chi connectivity index (χ2n) is 11.1. The molecule has 0 spiro atoms. The van der Waals surface area contributed by atoms with Gasteiger partial charge in [0.05, 0.1) is 0 Å². The number of rotatable bonds is 30. The number of ketones is 3.